The van der Waals surface area contributed by atoms with E-state index < -0.39 is 17.6 Å². The molecular weight excluding hydrogens is 270 g/mol. The van der Waals surface area contributed by atoms with Gasteiger partial charge in [0.15, 0.2) is 0 Å². The van der Waals surface area contributed by atoms with Crippen LogP contribution < -0.4 is 5.32 Å². The van der Waals surface area contributed by atoms with Crippen LogP contribution in [0.15, 0.2) is 18.2 Å². The van der Waals surface area contributed by atoms with Crippen LogP contribution in [0.3, 0.4) is 0 Å². The molecule has 1 aliphatic rings. The van der Waals surface area contributed by atoms with Crippen LogP contribution in [0.25, 0.3) is 0 Å². The van der Waals surface area contributed by atoms with Crippen molar-refractivity contribution in [2.75, 3.05) is 5.32 Å². The minimum atomic E-state index is -4.50. The number of alkyl halides is 3. The Hall–Kier alpha value is -1.26. The molecule has 0 saturated heterocycles. The number of halogens is 4. The van der Waals surface area contributed by atoms with Gasteiger partial charge in [-0.05, 0) is 43.4 Å². The molecule has 0 amide bonds. The summed E-state index contributed by atoms with van der Waals surface area (Å²) in [6.07, 6.45) is 0.665. The van der Waals surface area contributed by atoms with Gasteiger partial charge >= 0.3 is 6.18 Å². The number of hydrogen-bond acceptors (Lipinski definition) is 1. The molecule has 0 bridgehead atoms. The van der Waals surface area contributed by atoms with Crippen molar-refractivity contribution in [2.45, 2.75) is 51.2 Å². The average molecular weight is 289 g/mol. The fourth-order valence-corrected chi connectivity index (χ4v) is 2.66. The molecule has 0 radical (unpaired) electrons. The van der Waals surface area contributed by atoms with E-state index in [4.69, 9.17) is 0 Å². The molecule has 0 aliphatic heterocycles. The van der Waals surface area contributed by atoms with Gasteiger partial charge in [-0.1, -0.05) is 19.8 Å². The highest BCUT2D eigenvalue weighted by Crippen LogP contribution is 2.32. The highest BCUT2D eigenvalue weighted by molar-refractivity contribution is 5.47. The summed E-state index contributed by atoms with van der Waals surface area (Å²) in [4.78, 5) is 0. The maximum Gasteiger partial charge on any atom is 0.416 e. The van der Waals surface area contributed by atoms with Crippen molar-refractivity contribution in [3.05, 3.63) is 29.6 Å². The molecule has 1 nitrogen and oxygen atoms in total. The number of hydrogen-bond donors (Lipinski definition) is 1. The topological polar surface area (TPSA) is 12.0 Å². The first kappa shape index (κ1) is 15.1. The standard InChI is InChI=1S/C15H19F4N/c1-10-3-2-4-12(7-5-10)20-14-8-6-11(9-13(14)16)15(17,18)19/h6,8-10,12,20H,2-5,7H2,1H3. The monoisotopic (exact) mass is 289 g/mol. The Labute approximate surface area is 116 Å². The minimum absolute atomic E-state index is 0.145. The van der Waals surface area contributed by atoms with E-state index in [1.54, 1.807) is 0 Å². The molecular formula is C15H19F4N. The summed E-state index contributed by atoms with van der Waals surface area (Å²) in [6, 6.07) is 2.81. The first-order valence-corrected chi connectivity index (χ1v) is 6.99. The first-order valence-electron chi connectivity index (χ1n) is 6.99. The summed E-state index contributed by atoms with van der Waals surface area (Å²) >= 11 is 0. The van der Waals surface area contributed by atoms with Crippen LogP contribution in [0.2, 0.25) is 0 Å². The van der Waals surface area contributed by atoms with Crippen molar-refractivity contribution >= 4 is 5.69 Å². The SMILES string of the molecule is CC1CCCC(Nc2ccc(C(F)(F)F)cc2F)CC1. The zero-order chi connectivity index (χ0) is 14.8. The van der Waals surface area contributed by atoms with Crippen LogP contribution in [0.5, 0.6) is 0 Å². The van der Waals surface area contributed by atoms with E-state index in [0.29, 0.717) is 12.0 Å². The fourth-order valence-electron chi connectivity index (χ4n) is 2.66. The van der Waals surface area contributed by atoms with Crippen molar-refractivity contribution < 1.29 is 17.6 Å². The normalized spacial score (nSPS) is 24.2. The summed E-state index contributed by atoms with van der Waals surface area (Å²) in [5.74, 6) is -0.170. The Morgan fingerprint density at radius 1 is 1.10 bits per heavy atom. The Balaban J connectivity index is 2.06. The fraction of sp³-hybridized carbons (Fsp3) is 0.600. The number of nitrogens with one attached hydrogen (secondary N) is 1. The largest absolute Gasteiger partial charge is 0.416 e. The Kier molecular flexibility index (Phi) is 4.55. The molecule has 1 N–H and O–H groups in total. The Morgan fingerprint density at radius 2 is 1.85 bits per heavy atom. The van der Waals surface area contributed by atoms with E-state index in [9.17, 15) is 17.6 Å². The van der Waals surface area contributed by atoms with Gasteiger partial charge in [0.25, 0.3) is 0 Å². The summed E-state index contributed by atoms with van der Waals surface area (Å²) in [6.45, 7) is 2.20. The average Bonchev–Trinajstić information content (AvgIpc) is 2.56. The molecule has 112 valence electrons. The third-order valence-corrected chi connectivity index (χ3v) is 3.91. The van der Waals surface area contributed by atoms with E-state index in [2.05, 4.69) is 12.2 Å². The molecule has 0 aromatic heterocycles. The Bertz CT molecular complexity index is 456. The van der Waals surface area contributed by atoms with Crippen LogP contribution in [0, 0.1) is 11.7 Å². The highest BCUT2D eigenvalue weighted by atomic mass is 19.4. The third-order valence-electron chi connectivity index (χ3n) is 3.91. The van der Waals surface area contributed by atoms with Gasteiger partial charge in [0.05, 0.1) is 11.3 Å². The van der Waals surface area contributed by atoms with Crippen LogP contribution in [-0.2, 0) is 6.18 Å². The molecule has 1 fully saturated rings. The summed E-state index contributed by atoms with van der Waals surface area (Å²) in [5.41, 5.74) is -0.785. The molecule has 0 heterocycles. The minimum Gasteiger partial charge on any atom is -0.380 e. The van der Waals surface area contributed by atoms with E-state index in [1.807, 2.05) is 0 Å². The van der Waals surface area contributed by atoms with Crippen LogP contribution >= 0.6 is 0 Å². The van der Waals surface area contributed by atoms with Gasteiger partial charge in [0.1, 0.15) is 5.82 Å². The van der Waals surface area contributed by atoms with Gasteiger partial charge < -0.3 is 5.32 Å². The summed E-state index contributed by atoms with van der Waals surface area (Å²) in [5, 5.41) is 3.05. The summed E-state index contributed by atoms with van der Waals surface area (Å²) < 4.78 is 51.2. The lowest BCUT2D eigenvalue weighted by atomic mass is 10.0. The van der Waals surface area contributed by atoms with E-state index >= 15 is 0 Å². The van der Waals surface area contributed by atoms with Crippen molar-refractivity contribution in [3.63, 3.8) is 0 Å². The van der Waals surface area contributed by atoms with Gasteiger partial charge in [-0.15, -0.1) is 0 Å². The number of rotatable bonds is 2. The van der Waals surface area contributed by atoms with E-state index in [0.717, 1.165) is 38.2 Å². The summed E-state index contributed by atoms with van der Waals surface area (Å²) in [7, 11) is 0. The van der Waals surface area contributed by atoms with Gasteiger partial charge in [0, 0.05) is 6.04 Å². The van der Waals surface area contributed by atoms with Gasteiger partial charge in [-0.3, -0.25) is 0 Å². The molecule has 2 rings (SSSR count). The molecule has 5 heteroatoms. The van der Waals surface area contributed by atoms with Crippen molar-refractivity contribution in [1.82, 2.24) is 0 Å². The lowest BCUT2D eigenvalue weighted by molar-refractivity contribution is -0.137. The molecule has 0 spiro atoms. The van der Waals surface area contributed by atoms with Gasteiger partial charge in [-0.2, -0.15) is 13.2 Å². The van der Waals surface area contributed by atoms with Crippen LogP contribution in [0.4, 0.5) is 23.2 Å². The second-order valence-electron chi connectivity index (χ2n) is 5.65. The lowest BCUT2D eigenvalue weighted by Crippen LogP contribution is -2.19. The van der Waals surface area contributed by atoms with E-state index in [-0.39, 0.29) is 11.7 Å². The maximum atomic E-state index is 13.8. The van der Waals surface area contributed by atoms with Crippen LogP contribution in [-0.4, -0.2) is 6.04 Å². The molecule has 1 saturated carbocycles. The quantitative estimate of drug-likeness (QED) is 0.581. The van der Waals surface area contributed by atoms with Crippen LogP contribution in [0.1, 0.15) is 44.6 Å². The second-order valence-corrected chi connectivity index (χ2v) is 5.65. The van der Waals surface area contributed by atoms with Gasteiger partial charge in [0.2, 0.25) is 0 Å². The molecule has 20 heavy (non-hydrogen) atoms. The number of benzene rings is 1. The zero-order valence-electron chi connectivity index (χ0n) is 11.4. The molecule has 1 aliphatic carbocycles. The van der Waals surface area contributed by atoms with Crippen molar-refractivity contribution in [3.8, 4) is 0 Å². The van der Waals surface area contributed by atoms with Gasteiger partial charge in [-0.25, -0.2) is 4.39 Å². The molecule has 1 aromatic carbocycles. The van der Waals surface area contributed by atoms with Crippen molar-refractivity contribution in [2.24, 2.45) is 5.92 Å². The van der Waals surface area contributed by atoms with E-state index in [1.165, 1.54) is 6.07 Å². The molecule has 2 unspecified atom stereocenters. The van der Waals surface area contributed by atoms with Crippen molar-refractivity contribution in [1.29, 1.82) is 0 Å². The second kappa shape index (κ2) is 6.02. The first-order chi connectivity index (χ1) is 9.36. The lowest BCUT2D eigenvalue weighted by Gasteiger charge is -2.19. The zero-order valence-corrected chi connectivity index (χ0v) is 11.4. The molecule has 1 aromatic rings. The smallest absolute Gasteiger partial charge is 0.380 e. The maximum absolute atomic E-state index is 13.8. The third kappa shape index (κ3) is 3.87. The predicted octanol–water partition coefficient (Wildman–Crippen LogP) is 5.23. The predicted molar refractivity (Wildman–Crippen MR) is 71.1 cm³/mol. The molecule has 2 atom stereocenters. The Morgan fingerprint density at radius 3 is 2.50 bits per heavy atom. The number of anilines is 1. The highest BCUT2D eigenvalue weighted by Gasteiger charge is 2.31.